The Hall–Kier alpha value is -2.18. The molecule has 4 nitrogen and oxygen atoms in total. The van der Waals surface area contributed by atoms with Gasteiger partial charge in [-0.05, 0) is 38.1 Å². The first-order valence-electron chi connectivity index (χ1n) is 7.13. The Morgan fingerprint density at radius 1 is 1.39 bits per heavy atom. The fourth-order valence-corrected chi connectivity index (χ4v) is 3.52. The Kier molecular flexibility index (Phi) is 4.73. The van der Waals surface area contributed by atoms with Crippen molar-refractivity contribution in [3.8, 4) is 11.5 Å². The molecule has 0 bridgehead atoms. The SMILES string of the molecule is C=C(C)CN=c1scc(-c2ccco2)n1N=Cc1ccc(C)s1. The number of thiophene rings is 1. The van der Waals surface area contributed by atoms with Crippen LogP contribution in [0.2, 0.25) is 0 Å². The van der Waals surface area contributed by atoms with Crippen LogP contribution in [0, 0.1) is 6.92 Å². The molecular formula is C17H17N3OS2. The summed E-state index contributed by atoms with van der Waals surface area (Å²) in [7, 11) is 0. The summed E-state index contributed by atoms with van der Waals surface area (Å²) in [6.45, 7) is 8.54. The molecular weight excluding hydrogens is 326 g/mol. The molecule has 0 aliphatic carbocycles. The molecule has 0 unspecified atom stereocenters. The molecule has 3 rings (SSSR count). The van der Waals surface area contributed by atoms with Crippen molar-refractivity contribution in [3.05, 3.63) is 62.6 Å². The number of aromatic nitrogens is 1. The molecule has 0 spiro atoms. The summed E-state index contributed by atoms with van der Waals surface area (Å²) in [5.41, 5.74) is 1.91. The molecule has 0 fully saturated rings. The first kappa shape index (κ1) is 15.7. The van der Waals surface area contributed by atoms with Crippen LogP contribution >= 0.6 is 22.7 Å². The van der Waals surface area contributed by atoms with Crippen LogP contribution in [0.5, 0.6) is 0 Å². The molecule has 0 saturated carbocycles. The van der Waals surface area contributed by atoms with Gasteiger partial charge in [-0.2, -0.15) is 5.10 Å². The fourth-order valence-electron chi connectivity index (χ4n) is 1.95. The fraction of sp³-hybridized carbons (Fsp3) is 0.176. The number of rotatable bonds is 5. The summed E-state index contributed by atoms with van der Waals surface area (Å²) < 4.78 is 7.33. The Morgan fingerprint density at radius 3 is 2.91 bits per heavy atom. The first-order valence-corrected chi connectivity index (χ1v) is 8.83. The zero-order valence-electron chi connectivity index (χ0n) is 13.0. The van der Waals surface area contributed by atoms with E-state index in [-0.39, 0.29) is 0 Å². The summed E-state index contributed by atoms with van der Waals surface area (Å²) in [6, 6.07) is 7.94. The minimum Gasteiger partial charge on any atom is -0.463 e. The van der Waals surface area contributed by atoms with Gasteiger partial charge < -0.3 is 4.42 Å². The average molecular weight is 343 g/mol. The Labute approximate surface area is 142 Å². The van der Waals surface area contributed by atoms with Gasteiger partial charge in [-0.15, -0.1) is 22.7 Å². The average Bonchev–Trinajstić information content (AvgIpc) is 3.23. The van der Waals surface area contributed by atoms with Gasteiger partial charge in [-0.3, -0.25) is 4.99 Å². The van der Waals surface area contributed by atoms with Gasteiger partial charge in [0.2, 0.25) is 4.80 Å². The van der Waals surface area contributed by atoms with Crippen molar-refractivity contribution in [2.75, 3.05) is 6.54 Å². The van der Waals surface area contributed by atoms with E-state index in [1.165, 1.54) is 4.88 Å². The van der Waals surface area contributed by atoms with Crippen LogP contribution in [0.3, 0.4) is 0 Å². The molecule has 0 radical (unpaired) electrons. The second kappa shape index (κ2) is 6.93. The van der Waals surface area contributed by atoms with Crippen LogP contribution in [-0.2, 0) is 0 Å². The third-order valence-corrected chi connectivity index (χ3v) is 4.79. The second-order valence-corrected chi connectivity index (χ2v) is 7.31. The van der Waals surface area contributed by atoms with Gasteiger partial charge in [0.15, 0.2) is 5.76 Å². The molecule has 0 atom stereocenters. The Morgan fingerprint density at radius 2 is 2.26 bits per heavy atom. The van der Waals surface area contributed by atoms with Gasteiger partial charge in [-0.1, -0.05) is 12.2 Å². The number of furan rings is 1. The normalized spacial score (nSPS) is 12.3. The monoisotopic (exact) mass is 343 g/mol. The van der Waals surface area contributed by atoms with Crippen molar-refractivity contribution in [1.29, 1.82) is 0 Å². The highest BCUT2D eigenvalue weighted by atomic mass is 32.1. The van der Waals surface area contributed by atoms with E-state index >= 15 is 0 Å². The Bertz CT molecular complexity index is 895. The van der Waals surface area contributed by atoms with Crippen molar-refractivity contribution in [2.45, 2.75) is 13.8 Å². The lowest BCUT2D eigenvalue weighted by Gasteiger charge is -2.00. The third-order valence-electron chi connectivity index (χ3n) is 3.00. The summed E-state index contributed by atoms with van der Waals surface area (Å²) in [6.07, 6.45) is 3.52. The largest absolute Gasteiger partial charge is 0.463 e. The molecule has 0 aliphatic heterocycles. The topological polar surface area (TPSA) is 42.8 Å². The van der Waals surface area contributed by atoms with E-state index in [1.807, 2.05) is 35.3 Å². The number of thiazole rings is 1. The molecule has 0 aliphatic rings. The summed E-state index contributed by atoms with van der Waals surface area (Å²) in [4.78, 5) is 7.78. The Balaban J connectivity index is 2.03. The highest BCUT2D eigenvalue weighted by Crippen LogP contribution is 2.20. The van der Waals surface area contributed by atoms with E-state index < -0.39 is 0 Å². The number of hydrogen-bond acceptors (Lipinski definition) is 5. The summed E-state index contributed by atoms with van der Waals surface area (Å²) in [5.74, 6) is 0.775. The van der Waals surface area contributed by atoms with Gasteiger partial charge in [0.1, 0.15) is 5.69 Å². The summed E-state index contributed by atoms with van der Waals surface area (Å²) in [5, 5.41) is 6.62. The van der Waals surface area contributed by atoms with Crippen molar-refractivity contribution < 1.29 is 4.42 Å². The van der Waals surface area contributed by atoms with Crippen molar-refractivity contribution in [3.63, 3.8) is 0 Å². The van der Waals surface area contributed by atoms with Crippen LogP contribution < -0.4 is 4.80 Å². The van der Waals surface area contributed by atoms with Crippen LogP contribution in [0.25, 0.3) is 11.5 Å². The lowest BCUT2D eigenvalue weighted by molar-refractivity contribution is 0.575. The van der Waals surface area contributed by atoms with Gasteiger partial charge in [0.25, 0.3) is 0 Å². The molecule has 118 valence electrons. The van der Waals surface area contributed by atoms with Crippen LogP contribution in [0.1, 0.15) is 16.7 Å². The quantitative estimate of drug-likeness (QED) is 0.495. The molecule has 0 saturated heterocycles. The predicted octanol–water partition coefficient (Wildman–Crippen LogP) is 4.54. The van der Waals surface area contributed by atoms with Crippen molar-refractivity contribution >= 4 is 28.9 Å². The number of hydrogen-bond donors (Lipinski definition) is 0. The van der Waals surface area contributed by atoms with E-state index in [9.17, 15) is 0 Å². The maximum atomic E-state index is 5.51. The molecule has 23 heavy (non-hydrogen) atoms. The summed E-state index contributed by atoms with van der Waals surface area (Å²) >= 11 is 3.25. The molecule has 0 amide bonds. The highest BCUT2D eigenvalue weighted by molar-refractivity contribution is 7.13. The van der Waals surface area contributed by atoms with Gasteiger partial charge in [-0.25, -0.2) is 4.68 Å². The van der Waals surface area contributed by atoms with E-state index in [0.29, 0.717) is 6.54 Å². The lowest BCUT2D eigenvalue weighted by Crippen LogP contribution is -2.12. The van der Waals surface area contributed by atoms with E-state index in [4.69, 9.17) is 4.42 Å². The molecule has 3 heterocycles. The standard InChI is InChI=1S/C17H17N3OS2/c1-12(2)9-18-17-20(19-10-14-7-6-13(3)23-14)15(11-22-17)16-5-4-8-21-16/h4-8,10-11H,1,9H2,2-3H3. The van der Waals surface area contributed by atoms with E-state index in [0.717, 1.165) is 26.7 Å². The van der Waals surface area contributed by atoms with Gasteiger partial charge in [0.05, 0.1) is 19.0 Å². The smallest absolute Gasteiger partial charge is 0.206 e. The van der Waals surface area contributed by atoms with Gasteiger partial charge >= 0.3 is 0 Å². The van der Waals surface area contributed by atoms with Crippen LogP contribution in [0.4, 0.5) is 0 Å². The van der Waals surface area contributed by atoms with E-state index in [2.05, 4.69) is 35.7 Å². The molecule has 0 aromatic carbocycles. The molecule has 3 aromatic rings. The van der Waals surface area contributed by atoms with Gasteiger partial charge in [0, 0.05) is 15.1 Å². The minimum absolute atomic E-state index is 0.589. The van der Waals surface area contributed by atoms with Crippen molar-refractivity contribution in [1.82, 2.24) is 4.68 Å². The third kappa shape index (κ3) is 3.78. The van der Waals surface area contributed by atoms with Crippen molar-refractivity contribution in [2.24, 2.45) is 10.1 Å². The minimum atomic E-state index is 0.589. The molecule has 3 aromatic heterocycles. The molecule has 0 N–H and O–H groups in total. The first-order chi connectivity index (χ1) is 11.1. The number of nitrogens with zero attached hydrogens (tertiary/aromatic N) is 3. The highest BCUT2D eigenvalue weighted by Gasteiger charge is 2.09. The molecule has 6 heteroatoms. The van der Waals surface area contributed by atoms with Crippen LogP contribution in [0.15, 0.2) is 62.6 Å². The van der Waals surface area contributed by atoms with Crippen LogP contribution in [-0.4, -0.2) is 17.4 Å². The zero-order chi connectivity index (χ0) is 16.2. The second-order valence-electron chi connectivity index (χ2n) is 5.16. The maximum absolute atomic E-state index is 5.51. The number of aryl methyl sites for hydroxylation is 1. The lowest BCUT2D eigenvalue weighted by atomic mass is 10.4. The van der Waals surface area contributed by atoms with E-state index in [1.54, 1.807) is 28.9 Å². The zero-order valence-corrected chi connectivity index (χ0v) is 14.7. The predicted molar refractivity (Wildman–Crippen MR) is 97.3 cm³/mol. The maximum Gasteiger partial charge on any atom is 0.206 e.